The zero-order chi connectivity index (χ0) is 13.9. The van der Waals surface area contributed by atoms with Crippen molar-refractivity contribution in [1.82, 2.24) is 5.32 Å². The normalized spacial score (nSPS) is 17.6. The van der Waals surface area contributed by atoms with Gasteiger partial charge in [0.15, 0.2) is 0 Å². The van der Waals surface area contributed by atoms with Gasteiger partial charge in [-0.25, -0.2) is 0 Å². The summed E-state index contributed by atoms with van der Waals surface area (Å²) in [4.78, 5) is 0. The number of hydrogen-bond acceptors (Lipinski definition) is 2. The van der Waals surface area contributed by atoms with Crippen molar-refractivity contribution in [3.8, 4) is 5.75 Å². The van der Waals surface area contributed by atoms with Crippen molar-refractivity contribution in [2.75, 3.05) is 13.7 Å². The first kappa shape index (κ1) is 13.2. The van der Waals surface area contributed by atoms with Crippen LogP contribution in [0.3, 0.4) is 0 Å². The summed E-state index contributed by atoms with van der Waals surface area (Å²) < 4.78 is 5.50. The molecule has 0 saturated heterocycles. The van der Waals surface area contributed by atoms with Crippen LogP contribution in [0.25, 0.3) is 0 Å². The van der Waals surface area contributed by atoms with Crippen LogP contribution in [-0.2, 0) is 12.8 Å². The Bertz CT molecular complexity index is 606. The van der Waals surface area contributed by atoms with Crippen molar-refractivity contribution in [3.05, 3.63) is 64.7 Å². The fourth-order valence-electron chi connectivity index (χ4n) is 3.06. The molecule has 2 aromatic carbocycles. The topological polar surface area (TPSA) is 21.3 Å². The number of benzene rings is 2. The quantitative estimate of drug-likeness (QED) is 0.920. The lowest BCUT2D eigenvalue weighted by molar-refractivity contribution is 0.404. The molecule has 0 spiro atoms. The molecule has 0 fully saturated rings. The van der Waals surface area contributed by atoms with Gasteiger partial charge in [-0.3, -0.25) is 0 Å². The molecule has 2 nitrogen and oxygen atoms in total. The monoisotopic (exact) mass is 267 g/mol. The smallest absolute Gasteiger partial charge is 0.122 e. The first-order valence-corrected chi connectivity index (χ1v) is 7.22. The third-order valence-electron chi connectivity index (χ3n) is 4.08. The minimum Gasteiger partial charge on any atom is -0.496 e. The number of aryl methyl sites for hydroxylation is 1. The van der Waals surface area contributed by atoms with Crippen molar-refractivity contribution < 1.29 is 4.74 Å². The van der Waals surface area contributed by atoms with E-state index in [2.05, 4.69) is 54.7 Å². The summed E-state index contributed by atoms with van der Waals surface area (Å²) in [6, 6.07) is 15.5. The summed E-state index contributed by atoms with van der Waals surface area (Å²) >= 11 is 0. The largest absolute Gasteiger partial charge is 0.496 e. The van der Waals surface area contributed by atoms with Gasteiger partial charge in [0.05, 0.1) is 7.11 Å². The van der Waals surface area contributed by atoms with Gasteiger partial charge in [0.2, 0.25) is 0 Å². The van der Waals surface area contributed by atoms with Gasteiger partial charge in [0.25, 0.3) is 0 Å². The summed E-state index contributed by atoms with van der Waals surface area (Å²) in [7, 11) is 1.75. The number of nitrogens with one attached hydrogen (secondary N) is 1. The van der Waals surface area contributed by atoms with Crippen molar-refractivity contribution in [1.29, 1.82) is 0 Å². The van der Waals surface area contributed by atoms with Crippen LogP contribution >= 0.6 is 0 Å². The fourth-order valence-corrected chi connectivity index (χ4v) is 3.06. The van der Waals surface area contributed by atoms with E-state index >= 15 is 0 Å². The predicted octanol–water partition coefficient (Wildman–Crippen LogP) is 3.43. The maximum absolute atomic E-state index is 5.50. The molecule has 104 valence electrons. The molecule has 1 atom stereocenters. The van der Waals surface area contributed by atoms with E-state index in [4.69, 9.17) is 4.74 Å². The molecule has 1 aliphatic rings. The fraction of sp³-hybridized carbons (Fsp3) is 0.333. The summed E-state index contributed by atoms with van der Waals surface area (Å²) in [5.41, 5.74) is 5.47. The first-order valence-electron chi connectivity index (χ1n) is 7.22. The van der Waals surface area contributed by atoms with E-state index in [-0.39, 0.29) is 0 Å². The third-order valence-corrected chi connectivity index (χ3v) is 4.08. The average Bonchev–Trinajstić information content (AvgIpc) is 2.48. The Hall–Kier alpha value is -1.80. The van der Waals surface area contributed by atoms with Gasteiger partial charge in [-0.15, -0.1) is 0 Å². The van der Waals surface area contributed by atoms with Crippen LogP contribution in [0, 0.1) is 6.92 Å². The second-order valence-corrected chi connectivity index (χ2v) is 5.47. The maximum atomic E-state index is 5.50. The van der Waals surface area contributed by atoms with Gasteiger partial charge in [0, 0.05) is 6.04 Å². The number of ether oxygens (including phenoxy) is 1. The summed E-state index contributed by atoms with van der Waals surface area (Å²) in [6.07, 6.45) is 2.10. The molecular weight excluding hydrogens is 246 g/mol. The maximum Gasteiger partial charge on any atom is 0.122 e. The van der Waals surface area contributed by atoms with Gasteiger partial charge < -0.3 is 10.1 Å². The Kier molecular flexibility index (Phi) is 3.75. The van der Waals surface area contributed by atoms with E-state index in [0.29, 0.717) is 6.04 Å². The Morgan fingerprint density at radius 2 is 2.05 bits per heavy atom. The van der Waals surface area contributed by atoms with Crippen LogP contribution in [0.15, 0.2) is 42.5 Å². The third kappa shape index (κ3) is 2.56. The zero-order valence-electron chi connectivity index (χ0n) is 12.1. The second-order valence-electron chi connectivity index (χ2n) is 5.47. The predicted molar refractivity (Wildman–Crippen MR) is 82.3 cm³/mol. The number of rotatable bonds is 3. The Morgan fingerprint density at radius 3 is 2.90 bits per heavy atom. The highest BCUT2D eigenvalue weighted by Gasteiger charge is 2.20. The molecule has 1 unspecified atom stereocenters. The molecule has 2 aromatic rings. The highest BCUT2D eigenvalue weighted by Crippen LogP contribution is 2.29. The molecule has 0 bridgehead atoms. The zero-order valence-corrected chi connectivity index (χ0v) is 12.1. The van der Waals surface area contributed by atoms with E-state index in [1.807, 2.05) is 0 Å². The summed E-state index contributed by atoms with van der Waals surface area (Å²) in [5, 5.41) is 3.64. The van der Waals surface area contributed by atoms with Crippen LogP contribution < -0.4 is 10.1 Å². The Labute approximate surface area is 120 Å². The van der Waals surface area contributed by atoms with Gasteiger partial charge >= 0.3 is 0 Å². The molecule has 0 radical (unpaired) electrons. The van der Waals surface area contributed by atoms with Gasteiger partial charge in [0.1, 0.15) is 5.75 Å². The van der Waals surface area contributed by atoms with Crippen LogP contribution in [0.5, 0.6) is 5.75 Å². The standard InChI is InChI=1S/C18H21NO/c1-13-7-8-18(20-2)15(11-13)12-17-16-6-4-3-5-14(16)9-10-19-17/h3-8,11,17,19H,9-10,12H2,1-2H3. The van der Waals surface area contributed by atoms with Gasteiger partial charge in [-0.05, 0) is 49.1 Å². The molecule has 1 heterocycles. The van der Waals surface area contributed by atoms with Crippen LogP contribution in [0.4, 0.5) is 0 Å². The highest BCUT2D eigenvalue weighted by atomic mass is 16.5. The summed E-state index contributed by atoms with van der Waals surface area (Å²) in [6.45, 7) is 3.18. The van der Waals surface area contributed by atoms with Gasteiger partial charge in [-0.2, -0.15) is 0 Å². The molecule has 0 aliphatic carbocycles. The minimum atomic E-state index is 0.385. The number of fused-ring (bicyclic) bond motifs is 1. The first-order chi connectivity index (χ1) is 9.78. The van der Waals surface area contributed by atoms with Crippen molar-refractivity contribution in [2.24, 2.45) is 0 Å². The van der Waals surface area contributed by atoms with E-state index in [1.165, 1.54) is 22.3 Å². The highest BCUT2D eigenvalue weighted by molar-refractivity contribution is 5.40. The van der Waals surface area contributed by atoms with Crippen LogP contribution in [0.2, 0.25) is 0 Å². The molecule has 0 saturated carbocycles. The van der Waals surface area contributed by atoms with E-state index in [1.54, 1.807) is 7.11 Å². The lowest BCUT2D eigenvalue weighted by Crippen LogP contribution is -2.31. The Morgan fingerprint density at radius 1 is 1.20 bits per heavy atom. The lowest BCUT2D eigenvalue weighted by atomic mass is 9.90. The average molecular weight is 267 g/mol. The lowest BCUT2D eigenvalue weighted by Gasteiger charge is -2.27. The van der Waals surface area contributed by atoms with Crippen molar-refractivity contribution >= 4 is 0 Å². The number of hydrogen-bond donors (Lipinski definition) is 1. The SMILES string of the molecule is COc1ccc(C)cc1CC1NCCc2ccccc21. The molecular formula is C18H21NO. The van der Waals surface area contributed by atoms with Crippen molar-refractivity contribution in [3.63, 3.8) is 0 Å². The van der Waals surface area contributed by atoms with E-state index < -0.39 is 0 Å². The van der Waals surface area contributed by atoms with Crippen LogP contribution in [0.1, 0.15) is 28.3 Å². The molecule has 1 aliphatic heterocycles. The second kappa shape index (κ2) is 5.68. The molecule has 20 heavy (non-hydrogen) atoms. The van der Waals surface area contributed by atoms with E-state index in [0.717, 1.165) is 25.1 Å². The summed E-state index contributed by atoms with van der Waals surface area (Å²) in [5.74, 6) is 0.987. The Balaban J connectivity index is 1.91. The minimum absolute atomic E-state index is 0.385. The van der Waals surface area contributed by atoms with Gasteiger partial charge in [-0.1, -0.05) is 42.0 Å². The number of methoxy groups -OCH3 is 1. The van der Waals surface area contributed by atoms with Crippen LogP contribution in [-0.4, -0.2) is 13.7 Å². The molecule has 0 aromatic heterocycles. The van der Waals surface area contributed by atoms with Crippen molar-refractivity contribution in [2.45, 2.75) is 25.8 Å². The molecule has 0 amide bonds. The molecule has 3 rings (SSSR count). The molecule has 1 N–H and O–H groups in total. The van der Waals surface area contributed by atoms with E-state index in [9.17, 15) is 0 Å². The molecule has 2 heteroatoms.